The Bertz CT molecular complexity index is 1020. The minimum Gasteiger partial charge on any atom is -0.497 e. The maximum absolute atomic E-state index is 5.41. The van der Waals surface area contributed by atoms with Gasteiger partial charge >= 0.3 is 0 Å². The Balaban J connectivity index is 1.48. The summed E-state index contributed by atoms with van der Waals surface area (Å²) in [6, 6.07) is 15.9. The number of benzene rings is 2. The Labute approximate surface area is 161 Å². The number of aromatic nitrogens is 3. The highest BCUT2D eigenvalue weighted by Gasteiger charge is 2.10. The molecule has 0 saturated heterocycles. The van der Waals surface area contributed by atoms with Crippen LogP contribution in [0.25, 0.3) is 22.6 Å². The zero-order chi connectivity index (χ0) is 18.6. The Morgan fingerprint density at radius 3 is 2.37 bits per heavy atom. The van der Waals surface area contributed by atoms with Crippen LogP contribution in [-0.4, -0.2) is 22.2 Å². The van der Waals surface area contributed by atoms with Crippen molar-refractivity contribution in [2.24, 2.45) is 0 Å². The standard InChI is InChI=1S/C21H19N3O2S/c1-3-20-22-18(13-27-20)15-6-8-16(9-7-15)21-23-19(26-24-21)12-14-4-10-17(25-2)11-5-14/h4-11,13H,3,12H2,1-2H3. The first-order valence-corrected chi connectivity index (χ1v) is 9.64. The molecule has 2 aromatic heterocycles. The lowest BCUT2D eigenvalue weighted by Crippen LogP contribution is -1.89. The van der Waals surface area contributed by atoms with E-state index >= 15 is 0 Å². The number of rotatable bonds is 6. The molecule has 0 aliphatic rings. The van der Waals surface area contributed by atoms with Crippen molar-refractivity contribution < 1.29 is 9.26 Å². The monoisotopic (exact) mass is 377 g/mol. The first kappa shape index (κ1) is 17.4. The van der Waals surface area contributed by atoms with E-state index in [9.17, 15) is 0 Å². The number of ether oxygens (including phenoxy) is 1. The van der Waals surface area contributed by atoms with E-state index in [1.165, 1.54) is 0 Å². The third kappa shape index (κ3) is 3.90. The summed E-state index contributed by atoms with van der Waals surface area (Å²) >= 11 is 1.69. The Hall–Kier alpha value is -2.99. The van der Waals surface area contributed by atoms with Crippen LogP contribution in [0, 0.1) is 0 Å². The molecule has 4 rings (SSSR count). The molecule has 0 spiro atoms. The Kier molecular flexibility index (Phi) is 4.98. The zero-order valence-corrected chi connectivity index (χ0v) is 16.0. The highest BCUT2D eigenvalue weighted by atomic mass is 32.1. The number of hydrogen-bond acceptors (Lipinski definition) is 6. The lowest BCUT2D eigenvalue weighted by molar-refractivity contribution is 0.385. The van der Waals surface area contributed by atoms with Gasteiger partial charge in [-0.1, -0.05) is 48.5 Å². The van der Waals surface area contributed by atoms with E-state index < -0.39 is 0 Å². The largest absolute Gasteiger partial charge is 0.497 e. The molecule has 4 aromatic rings. The molecule has 0 aliphatic heterocycles. The van der Waals surface area contributed by atoms with Crippen molar-refractivity contribution in [2.45, 2.75) is 19.8 Å². The molecule has 6 heteroatoms. The third-order valence-electron chi connectivity index (χ3n) is 4.28. The van der Waals surface area contributed by atoms with Crippen LogP contribution in [0.1, 0.15) is 23.4 Å². The van der Waals surface area contributed by atoms with Crippen LogP contribution in [-0.2, 0) is 12.8 Å². The molecule has 0 bridgehead atoms. The van der Waals surface area contributed by atoms with E-state index in [0.717, 1.165) is 39.6 Å². The normalized spacial score (nSPS) is 10.9. The van der Waals surface area contributed by atoms with Crippen molar-refractivity contribution in [2.75, 3.05) is 7.11 Å². The average Bonchev–Trinajstić information content (AvgIpc) is 3.38. The highest BCUT2D eigenvalue weighted by Crippen LogP contribution is 2.25. The van der Waals surface area contributed by atoms with E-state index in [-0.39, 0.29) is 0 Å². The minimum atomic E-state index is 0.589. The van der Waals surface area contributed by atoms with Gasteiger partial charge in [-0.05, 0) is 24.1 Å². The second-order valence-corrected chi connectivity index (χ2v) is 7.04. The maximum atomic E-state index is 5.41. The molecule has 0 amide bonds. The number of methoxy groups -OCH3 is 1. The summed E-state index contributed by atoms with van der Waals surface area (Å²) in [6.45, 7) is 2.12. The van der Waals surface area contributed by atoms with Gasteiger partial charge in [-0.2, -0.15) is 4.98 Å². The van der Waals surface area contributed by atoms with E-state index in [0.29, 0.717) is 18.1 Å². The number of aryl methyl sites for hydroxylation is 1. The molecule has 0 saturated carbocycles. The molecule has 2 heterocycles. The fourth-order valence-corrected chi connectivity index (χ4v) is 3.51. The van der Waals surface area contributed by atoms with Gasteiger partial charge in [-0.25, -0.2) is 4.98 Å². The second-order valence-electron chi connectivity index (χ2n) is 6.09. The number of hydrogen-bond donors (Lipinski definition) is 0. The van der Waals surface area contributed by atoms with Gasteiger partial charge in [0.15, 0.2) is 0 Å². The van der Waals surface area contributed by atoms with E-state index in [4.69, 9.17) is 9.26 Å². The fraction of sp³-hybridized carbons (Fsp3) is 0.190. The molecule has 0 N–H and O–H groups in total. The molecule has 0 radical (unpaired) electrons. The number of thiazole rings is 1. The lowest BCUT2D eigenvalue weighted by Gasteiger charge is -2.00. The van der Waals surface area contributed by atoms with Gasteiger partial charge in [-0.3, -0.25) is 0 Å². The molecule has 0 unspecified atom stereocenters. The topological polar surface area (TPSA) is 61.0 Å². The minimum absolute atomic E-state index is 0.589. The Morgan fingerprint density at radius 2 is 1.70 bits per heavy atom. The van der Waals surface area contributed by atoms with Crippen molar-refractivity contribution in [3.05, 3.63) is 70.4 Å². The third-order valence-corrected chi connectivity index (χ3v) is 5.27. The van der Waals surface area contributed by atoms with Crippen LogP contribution < -0.4 is 4.74 Å². The molecule has 5 nitrogen and oxygen atoms in total. The first-order valence-electron chi connectivity index (χ1n) is 8.76. The zero-order valence-electron chi connectivity index (χ0n) is 15.2. The predicted octanol–water partition coefficient (Wildman–Crippen LogP) is 5.02. The highest BCUT2D eigenvalue weighted by molar-refractivity contribution is 7.09. The van der Waals surface area contributed by atoms with E-state index in [1.54, 1.807) is 18.4 Å². The van der Waals surface area contributed by atoms with Crippen LogP contribution >= 0.6 is 11.3 Å². The molecule has 2 aromatic carbocycles. The van der Waals surface area contributed by atoms with Gasteiger partial charge in [0, 0.05) is 16.5 Å². The summed E-state index contributed by atoms with van der Waals surface area (Å²) < 4.78 is 10.6. The summed E-state index contributed by atoms with van der Waals surface area (Å²) in [4.78, 5) is 9.14. The maximum Gasteiger partial charge on any atom is 0.231 e. The van der Waals surface area contributed by atoms with E-state index in [1.807, 2.05) is 48.5 Å². The summed E-state index contributed by atoms with van der Waals surface area (Å²) in [5, 5.41) is 7.35. The summed E-state index contributed by atoms with van der Waals surface area (Å²) in [6.07, 6.45) is 1.55. The van der Waals surface area contributed by atoms with Crippen molar-refractivity contribution in [1.82, 2.24) is 15.1 Å². The Morgan fingerprint density at radius 1 is 0.963 bits per heavy atom. The van der Waals surface area contributed by atoms with Gasteiger partial charge in [-0.15, -0.1) is 11.3 Å². The van der Waals surface area contributed by atoms with Crippen LogP contribution in [0.3, 0.4) is 0 Å². The van der Waals surface area contributed by atoms with Crippen molar-refractivity contribution in [3.63, 3.8) is 0 Å². The molecular formula is C21H19N3O2S. The summed E-state index contributed by atoms with van der Waals surface area (Å²) in [7, 11) is 1.65. The van der Waals surface area contributed by atoms with Gasteiger partial charge in [0.2, 0.25) is 11.7 Å². The van der Waals surface area contributed by atoms with Gasteiger partial charge in [0.25, 0.3) is 0 Å². The van der Waals surface area contributed by atoms with Crippen LogP contribution in [0.15, 0.2) is 58.4 Å². The van der Waals surface area contributed by atoms with Crippen LogP contribution in [0.2, 0.25) is 0 Å². The lowest BCUT2D eigenvalue weighted by atomic mass is 10.1. The molecular weight excluding hydrogens is 358 g/mol. The molecule has 136 valence electrons. The molecule has 0 atom stereocenters. The molecule has 0 aliphatic carbocycles. The van der Waals surface area contributed by atoms with E-state index in [2.05, 4.69) is 27.4 Å². The first-order chi connectivity index (χ1) is 13.2. The second kappa shape index (κ2) is 7.72. The van der Waals surface area contributed by atoms with Gasteiger partial charge in [0.05, 0.1) is 24.2 Å². The summed E-state index contributed by atoms with van der Waals surface area (Å²) in [5.74, 6) is 2.01. The van der Waals surface area contributed by atoms with Crippen LogP contribution in [0.5, 0.6) is 5.75 Å². The fourth-order valence-electron chi connectivity index (χ4n) is 2.76. The average molecular weight is 377 g/mol. The molecule has 27 heavy (non-hydrogen) atoms. The van der Waals surface area contributed by atoms with Crippen molar-refractivity contribution in [1.29, 1.82) is 0 Å². The number of nitrogens with zero attached hydrogens (tertiary/aromatic N) is 3. The van der Waals surface area contributed by atoms with Crippen LogP contribution in [0.4, 0.5) is 0 Å². The van der Waals surface area contributed by atoms with Crippen molar-refractivity contribution >= 4 is 11.3 Å². The SMILES string of the molecule is CCc1nc(-c2ccc(-c3noc(Cc4ccc(OC)cc4)n3)cc2)cs1. The quantitative estimate of drug-likeness (QED) is 0.472. The molecule has 0 fully saturated rings. The smallest absolute Gasteiger partial charge is 0.231 e. The summed E-state index contributed by atoms with van der Waals surface area (Å²) in [5.41, 5.74) is 4.12. The van der Waals surface area contributed by atoms with Gasteiger partial charge < -0.3 is 9.26 Å². The van der Waals surface area contributed by atoms with Crippen molar-refractivity contribution in [3.8, 4) is 28.4 Å². The van der Waals surface area contributed by atoms with Gasteiger partial charge in [0.1, 0.15) is 5.75 Å². The predicted molar refractivity (Wildman–Crippen MR) is 106 cm³/mol.